The number of benzene rings is 1. The summed E-state index contributed by atoms with van der Waals surface area (Å²) in [6, 6.07) is 6.08. The Balaban J connectivity index is 1.47. The van der Waals surface area contributed by atoms with E-state index in [4.69, 9.17) is 4.74 Å². The molecule has 0 aromatic heterocycles. The van der Waals surface area contributed by atoms with Crippen LogP contribution >= 0.6 is 0 Å². The molecule has 1 aromatic carbocycles. The second-order valence-electron chi connectivity index (χ2n) is 8.62. The van der Waals surface area contributed by atoms with E-state index in [0.29, 0.717) is 18.4 Å². The number of alkyl halides is 3. The van der Waals surface area contributed by atoms with Gasteiger partial charge in [0.25, 0.3) is 5.78 Å². The molecule has 0 saturated heterocycles. The fourth-order valence-corrected chi connectivity index (χ4v) is 5.15. The highest BCUT2D eigenvalue weighted by Crippen LogP contribution is 2.44. The second kappa shape index (κ2) is 9.92. The van der Waals surface area contributed by atoms with Crippen LogP contribution in [0.5, 0.6) is 0 Å². The third-order valence-electron chi connectivity index (χ3n) is 6.83. The van der Waals surface area contributed by atoms with Crippen LogP contribution in [0.2, 0.25) is 0 Å². The summed E-state index contributed by atoms with van der Waals surface area (Å²) in [4.78, 5) is 11.3. The highest BCUT2D eigenvalue weighted by molar-refractivity contribution is 6.00. The Morgan fingerprint density at radius 1 is 0.966 bits per heavy atom. The van der Waals surface area contributed by atoms with Crippen LogP contribution in [0.15, 0.2) is 36.4 Å². The lowest BCUT2D eigenvalue weighted by atomic mass is 9.68. The zero-order chi connectivity index (χ0) is 20.9. The largest absolute Gasteiger partial charge is 0.454 e. The molecule has 5 heteroatoms. The van der Waals surface area contributed by atoms with E-state index in [9.17, 15) is 18.0 Å². The van der Waals surface area contributed by atoms with Crippen molar-refractivity contribution in [2.45, 2.75) is 63.5 Å². The van der Waals surface area contributed by atoms with Gasteiger partial charge in [0.2, 0.25) is 0 Å². The molecule has 0 radical (unpaired) electrons. The molecule has 160 valence electrons. The van der Waals surface area contributed by atoms with Crippen molar-refractivity contribution < 1.29 is 22.7 Å². The molecule has 0 bridgehead atoms. The molecule has 29 heavy (non-hydrogen) atoms. The van der Waals surface area contributed by atoms with Crippen LogP contribution in [-0.4, -0.2) is 25.7 Å². The maximum atomic E-state index is 12.6. The Morgan fingerprint density at radius 3 is 2.03 bits per heavy atom. The van der Waals surface area contributed by atoms with Gasteiger partial charge in [0.05, 0.1) is 6.61 Å². The molecule has 3 rings (SSSR count). The van der Waals surface area contributed by atoms with E-state index in [2.05, 4.69) is 12.2 Å². The highest BCUT2D eigenvalue weighted by atomic mass is 19.4. The number of hydrogen-bond acceptors (Lipinski definition) is 2. The molecule has 0 amide bonds. The molecule has 2 aliphatic carbocycles. The van der Waals surface area contributed by atoms with E-state index < -0.39 is 12.0 Å². The third-order valence-corrected chi connectivity index (χ3v) is 6.83. The standard InChI is InChI=1S/C24H31F3O2/c1-29-16-2-3-17-4-6-18(7-5-17)19-8-10-20(11-9-19)21-12-14-22(15-13-21)23(28)24(25,26)27/h2-3,12-15,17-20H,4-11,16H2,1H3/t17-,18-,19-,20-. The molecular formula is C24H31F3O2. The van der Waals surface area contributed by atoms with Crippen molar-refractivity contribution in [3.05, 3.63) is 47.5 Å². The minimum Gasteiger partial charge on any atom is -0.381 e. The van der Waals surface area contributed by atoms with Crippen molar-refractivity contribution >= 4 is 5.78 Å². The summed E-state index contributed by atoms with van der Waals surface area (Å²) in [6.07, 6.45) is 9.32. The van der Waals surface area contributed by atoms with Crippen LogP contribution in [0.3, 0.4) is 0 Å². The fourth-order valence-electron chi connectivity index (χ4n) is 5.15. The molecule has 2 aliphatic rings. The molecule has 2 saturated carbocycles. The first-order valence-corrected chi connectivity index (χ1v) is 10.8. The van der Waals surface area contributed by atoms with Crippen LogP contribution in [0.25, 0.3) is 0 Å². The number of methoxy groups -OCH3 is 1. The lowest BCUT2D eigenvalue weighted by Gasteiger charge is -2.37. The van der Waals surface area contributed by atoms with Gasteiger partial charge in [-0.25, -0.2) is 0 Å². The van der Waals surface area contributed by atoms with Crippen molar-refractivity contribution in [2.75, 3.05) is 13.7 Å². The lowest BCUT2D eigenvalue weighted by molar-refractivity contribution is -0.0885. The molecule has 0 N–H and O–H groups in total. The van der Waals surface area contributed by atoms with E-state index in [-0.39, 0.29) is 5.56 Å². The number of Topliss-reactive ketones (excluding diaryl/α,β-unsaturated/α-hetero) is 1. The number of hydrogen-bond donors (Lipinski definition) is 0. The molecule has 0 unspecified atom stereocenters. The van der Waals surface area contributed by atoms with Crippen LogP contribution < -0.4 is 0 Å². The maximum Gasteiger partial charge on any atom is 0.454 e. The van der Waals surface area contributed by atoms with E-state index in [1.165, 1.54) is 50.7 Å². The van der Waals surface area contributed by atoms with Crippen molar-refractivity contribution in [2.24, 2.45) is 17.8 Å². The third kappa shape index (κ3) is 5.94. The Bertz CT molecular complexity index is 677. The highest BCUT2D eigenvalue weighted by Gasteiger charge is 2.39. The molecule has 0 atom stereocenters. The smallest absolute Gasteiger partial charge is 0.381 e. The second-order valence-corrected chi connectivity index (χ2v) is 8.62. The molecule has 2 fully saturated rings. The summed E-state index contributed by atoms with van der Waals surface area (Å²) in [5.41, 5.74) is 0.792. The number of halogens is 3. The van der Waals surface area contributed by atoms with Gasteiger partial charge in [0.1, 0.15) is 0 Å². The zero-order valence-electron chi connectivity index (χ0n) is 17.1. The van der Waals surface area contributed by atoms with Gasteiger partial charge in [-0.15, -0.1) is 0 Å². The van der Waals surface area contributed by atoms with Gasteiger partial charge in [-0.05, 0) is 80.6 Å². The van der Waals surface area contributed by atoms with Crippen molar-refractivity contribution in [3.63, 3.8) is 0 Å². The molecule has 0 spiro atoms. The summed E-state index contributed by atoms with van der Waals surface area (Å²) in [6.45, 7) is 0.690. The van der Waals surface area contributed by atoms with Crippen LogP contribution in [0.1, 0.15) is 73.2 Å². The van der Waals surface area contributed by atoms with E-state index in [1.54, 1.807) is 19.2 Å². The molecular weight excluding hydrogens is 377 g/mol. The number of allylic oxidation sites excluding steroid dienone is 1. The topological polar surface area (TPSA) is 26.3 Å². The normalized spacial score (nSPS) is 28.6. The van der Waals surface area contributed by atoms with Crippen molar-refractivity contribution in [3.8, 4) is 0 Å². The van der Waals surface area contributed by atoms with Gasteiger partial charge in [-0.1, -0.05) is 36.4 Å². The number of carbonyl (C=O) groups is 1. The first-order chi connectivity index (χ1) is 13.9. The lowest BCUT2D eigenvalue weighted by Crippen LogP contribution is -2.25. The van der Waals surface area contributed by atoms with Gasteiger partial charge < -0.3 is 4.74 Å². The summed E-state index contributed by atoms with van der Waals surface area (Å²) in [5, 5.41) is 0. The summed E-state index contributed by atoms with van der Waals surface area (Å²) in [7, 11) is 1.72. The Labute approximate surface area is 171 Å². The Kier molecular flexibility index (Phi) is 7.55. The van der Waals surface area contributed by atoms with Gasteiger partial charge in [0.15, 0.2) is 0 Å². The minimum atomic E-state index is -4.81. The molecule has 0 heterocycles. The van der Waals surface area contributed by atoms with Crippen LogP contribution in [0, 0.1) is 17.8 Å². The van der Waals surface area contributed by atoms with Crippen molar-refractivity contribution in [1.29, 1.82) is 0 Å². The van der Waals surface area contributed by atoms with Crippen LogP contribution in [0.4, 0.5) is 13.2 Å². The van der Waals surface area contributed by atoms with Gasteiger partial charge in [0, 0.05) is 12.7 Å². The Hall–Kier alpha value is -1.62. The van der Waals surface area contributed by atoms with Gasteiger partial charge in [-0.3, -0.25) is 4.79 Å². The summed E-state index contributed by atoms with van der Waals surface area (Å²) in [5.74, 6) is 0.918. The predicted octanol–water partition coefficient (Wildman–Crippen LogP) is 6.71. The molecule has 1 aromatic rings. The minimum absolute atomic E-state index is 0.272. The number of ketones is 1. The average Bonchev–Trinajstić information content (AvgIpc) is 2.73. The van der Waals surface area contributed by atoms with Crippen molar-refractivity contribution in [1.82, 2.24) is 0 Å². The SMILES string of the molecule is COCC=C[C@H]1CC[C@H]([C@H]2CC[C@H](c3ccc(C(=O)C(F)(F)F)cc3)CC2)CC1. The van der Waals surface area contributed by atoms with Gasteiger partial charge >= 0.3 is 6.18 Å². The number of rotatable bonds is 6. The number of ether oxygens (including phenoxy) is 1. The van der Waals surface area contributed by atoms with E-state index in [0.717, 1.165) is 30.2 Å². The summed E-state index contributed by atoms with van der Waals surface area (Å²) >= 11 is 0. The summed E-state index contributed by atoms with van der Waals surface area (Å²) < 4.78 is 42.7. The van der Waals surface area contributed by atoms with E-state index >= 15 is 0 Å². The van der Waals surface area contributed by atoms with E-state index in [1.807, 2.05) is 0 Å². The first kappa shape index (κ1) is 22.1. The van der Waals surface area contributed by atoms with Gasteiger partial charge in [-0.2, -0.15) is 13.2 Å². The zero-order valence-corrected chi connectivity index (χ0v) is 17.1. The monoisotopic (exact) mass is 408 g/mol. The van der Waals surface area contributed by atoms with Crippen LogP contribution in [-0.2, 0) is 4.74 Å². The Morgan fingerprint density at radius 2 is 1.52 bits per heavy atom. The fraction of sp³-hybridized carbons (Fsp3) is 0.625. The average molecular weight is 409 g/mol. The quantitative estimate of drug-likeness (QED) is 0.386. The molecule has 0 aliphatic heterocycles. The number of carbonyl (C=O) groups excluding carboxylic acids is 1. The predicted molar refractivity (Wildman–Crippen MR) is 108 cm³/mol. The maximum absolute atomic E-state index is 12.6. The first-order valence-electron chi connectivity index (χ1n) is 10.8. The molecule has 2 nitrogen and oxygen atoms in total.